The first-order valence-corrected chi connectivity index (χ1v) is 5.69. The van der Waals surface area contributed by atoms with Crippen molar-refractivity contribution in [1.82, 2.24) is 4.98 Å². The van der Waals surface area contributed by atoms with Gasteiger partial charge in [-0.1, -0.05) is 0 Å². The molecule has 0 amide bonds. The molecular weight excluding hydrogens is 214 g/mol. The van der Waals surface area contributed by atoms with Gasteiger partial charge in [0.1, 0.15) is 10.6 Å². The molecule has 0 unspecified atom stereocenters. The van der Waals surface area contributed by atoms with E-state index in [1.54, 1.807) is 12.5 Å². The fourth-order valence-corrected chi connectivity index (χ4v) is 2.71. The molecule has 1 aliphatic carbocycles. The molecule has 5 heteroatoms. The van der Waals surface area contributed by atoms with Gasteiger partial charge in [-0.3, -0.25) is 0 Å². The molecule has 2 rings (SSSR count). The van der Waals surface area contributed by atoms with Gasteiger partial charge < -0.3 is 9.47 Å². The van der Waals surface area contributed by atoms with Crippen LogP contribution in [0, 0.1) is 0 Å². The first-order valence-electron chi connectivity index (χ1n) is 4.81. The molecule has 1 saturated carbocycles. The van der Waals surface area contributed by atoms with Crippen LogP contribution in [0.25, 0.3) is 0 Å². The van der Waals surface area contributed by atoms with E-state index in [1.807, 2.05) is 0 Å². The number of carbonyl (C=O) groups is 1. The average molecular weight is 227 g/mol. The predicted octanol–water partition coefficient (Wildman–Crippen LogP) is 1.96. The van der Waals surface area contributed by atoms with Gasteiger partial charge in [-0.2, -0.15) is 0 Å². The summed E-state index contributed by atoms with van der Waals surface area (Å²) in [5.41, 5.74) is 0.137. The Bertz CT molecular complexity index is 365. The van der Waals surface area contributed by atoms with Gasteiger partial charge in [-0.05, 0) is 19.3 Å². The van der Waals surface area contributed by atoms with Gasteiger partial charge in [0.2, 0.25) is 0 Å². The van der Waals surface area contributed by atoms with Crippen molar-refractivity contribution in [2.45, 2.75) is 24.9 Å². The van der Waals surface area contributed by atoms with Crippen LogP contribution in [0.3, 0.4) is 0 Å². The Hall–Kier alpha value is -0.940. The van der Waals surface area contributed by atoms with Gasteiger partial charge in [0.15, 0.2) is 5.69 Å². The average Bonchev–Trinajstić information content (AvgIpc) is 2.65. The van der Waals surface area contributed by atoms with Gasteiger partial charge in [0, 0.05) is 12.5 Å². The summed E-state index contributed by atoms with van der Waals surface area (Å²) in [5.74, 6) is -0.386. The number of thiazole rings is 1. The van der Waals surface area contributed by atoms with Crippen molar-refractivity contribution in [3.05, 3.63) is 16.1 Å². The first kappa shape index (κ1) is 10.6. The molecule has 0 radical (unpaired) electrons. The van der Waals surface area contributed by atoms with Gasteiger partial charge in [-0.25, -0.2) is 9.78 Å². The highest BCUT2D eigenvalue weighted by Gasteiger charge is 2.41. The quantitative estimate of drug-likeness (QED) is 0.740. The van der Waals surface area contributed by atoms with E-state index in [-0.39, 0.29) is 11.6 Å². The van der Waals surface area contributed by atoms with E-state index < -0.39 is 0 Å². The molecule has 82 valence electrons. The second kappa shape index (κ2) is 3.90. The van der Waals surface area contributed by atoms with Crippen LogP contribution in [0.4, 0.5) is 0 Å². The van der Waals surface area contributed by atoms with Crippen molar-refractivity contribution in [3.63, 3.8) is 0 Å². The lowest BCUT2D eigenvalue weighted by Crippen LogP contribution is -2.36. The van der Waals surface area contributed by atoms with Gasteiger partial charge in [0.05, 0.1) is 7.11 Å². The Balaban J connectivity index is 2.23. The van der Waals surface area contributed by atoms with Crippen molar-refractivity contribution in [2.75, 3.05) is 14.2 Å². The van der Waals surface area contributed by atoms with Crippen LogP contribution in [0.2, 0.25) is 0 Å². The number of carbonyl (C=O) groups excluding carboxylic acids is 1. The molecular formula is C10H13NO3S. The summed E-state index contributed by atoms with van der Waals surface area (Å²) in [5, 5.41) is 2.61. The molecule has 1 aliphatic rings. The molecule has 1 aromatic heterocycles. The molecule has 1 heterocycles. The largest absolute Gasteiger partial charge is 0.464 e. The maximum Gasteiger partial charge on any atom is 0.357 e. The molecule has 0 aliphatic heterocycles. The molecule has 0 saturated heterocycles. The highest BCUT2D eigenvalue weighted by Crippen LogP contribution is 2.45. The summed E-state index contributed by atoms with van der Waals surface area (Å²) in [4.78, 5) is 15.5. The third-order valence-corrected chi connectivity index (χ3v) is 3.87. The third-order valence-electron chi connectivity index (χ3n) is 2.84. The van der Waals surface area contributed by atoms with Crippen molar-refractivity contribution in [2.24, 2.45) is 0 Å². The highest BCUT2D eigenvalue weighted by molar-refractivity contribution is 7.10. The van der Waals surface area contributed by atoms with Crippen molar-refractivity contribution in [3.8, 4) is 0 Å². The minimum absolute atomic E-state index is 0.239. The van der Waals surface area contributed by atoms with E-state index in [1.165, 1.54) is 18.4 Å². The minimum Gasteiger partial charge on any atom is -0.464 e. The molecule has 15 heavy (non-hydrogen) atoms. The van der Waals surface area contributed by atoms with Crippen molar-refractivity contribution >= 4 is 17.3 Å². The smallest absolute Gasteiger partial charge is 0.357 e. The summed E-state index contributed by atoms with van der Waals surface area (Å²) in [6.45, 7) is 0. The van der Waals surface area contributed by atoms with Crippen LogP contribution in [-0.2, 0) is 15.1 Å². The van der Waals surface area contributed by atoms with Gasteiger partial charge in [0.25, 0.3) is 0 Å². The van der Waals surface area contributed by atoms with Crippen molar-refractivity contribution in [1.29, 1.82) is 0 Å². The predicted molar refractivity (Wildman–Crippen MR) is 56.0 cm³/mol. The Kier molecular flexibility index (Phi) is 2.75. The number of hydrogen-bond donors (Lipinski definition) is 0. The zero-order valence-corrected chi connectivity index (χ0v) is 9.60. The molecule has 0 N–H and O–H groups in total. The Morgan fingerprint density at radius 3 is 2.73 bits per heavy atom. The normalized spacial score (nSPS) is 18.3. The van der Waals surface area contributed by atoms with E-state index in [4.69, 9.17) is 4.74 Å². The Labute approximate surface area is 92.2 Å². The van der Waals surface area contributed by atoms with E-state index in [0.29, 0.717) is 5.69 Å². The lowest BCUT2D eigenvalue weighted by molar-refractivity contribution is -0.0780. The number of esters is 1. The van der Waals surface area contributed by atoms with E-state index in [0.717, 1.165) is 24.3 Å². The molecule has 1 fully saturated rings. The van der Waals surface area contributed by atoms with Crippen molar-refractivity contribution < 1.29 is 14.3 Å². The second-order valence-electron chi connectivity index (χ2n) is 3.58. The van der Waals surface area contributed by atoms with E-state index in [9.17, 15) is 4.79 Å². The lowest BCUT2D eigenvalue weighted by atomic mass is 9.80. The monoisotopic (exact) mass is 227 g/mol. The maximum atomic E-state index is 11.2. The molecule has 4 nitrogen and oxygen atoms in total. The van der Waals surface area contributed by atoms with E-state index in [2.05, 4.69) is 9.72 Å². The van der Waals surface area contributed by atoms with Crippen LogP contribution in [0.5, 0.6) is 0 Å². The number of methoxy groups -OCH3 is 2. The highest BCUT2D eigenvalue weighted by atomic mass is 32.1. The number of hydrogen-bond acceptors (Lipinski definition) is 5. The number of ether oxygens (including phenoxy) is 2. The maximum absolute atomic E-state index is 11.2. The second-order valence-corrected chi connectivity index (χ2v) is 4.44. The van der Waals surface area contributed by atoms with Crippen LogP contribution < -0.4 is 0 Å². The van der Waals surface area contributed by atoms with E-state index >= 15 is 0 Å². The van der Waals surface area contributed by atoms with Crippen LogP contribution >= 0.6 is 11.3 Å². The zero-order chi connectivity index (χ0) is 10.9. The fraction of sp³-hybridized carbons (Fsp3) is 0.600. The standard InChI is InChI=1S/C10H13NO3S/c1-13-8(12)7-6-15-9(11-7)10(14-2)4-3-5-10/h6H,3-5H2,1-2H3. The summed E-state index contributed by atoms with van der Waals surface area (Å²) < 4.78 is 10.1. The molecule has 0 atom stereocenters. The van der Waals surface area contributed by atoms with Gasteiger partial charge in [-0.15, -0.1) is 11.3 Å². The number of rotatable bonds is 3. The SMILES string of the molecule is COC(=O)c1csc(C2(OC)CCC2)n1. The summed E-state index contributed by atoms with van der Waals surface area (Å²) in [6, 6.07) is 0. The molecule has 0 aromatic carbocycles. The summed E-state index contributed by atoms with van der Waals surface area (Å²) >= 11 is 1.46. The Morgan fingerprint density at radius 2 is 2.27 bits per heavy atom. The molecule has 0 bridgehead atoms. The molecule has 0 spiro atoms. The third kappa shape index (κ3) is 1.66. The minimum atomic E-state index is -0.386. The Morgan fingerprint density at radius 1 is 1.53 bits per heavy atom. The summed E-state index contributed by atoms with van der Waals surface area (Å²) in [7, 11) is 3.05. The lowest BCUT2D eigenvalue weighted by Gasteiger charge is -2.38. The zero-order valence-electron chi connectivity index (χ0n) is 8.78. The number of aromatic nitrogens is 1. The number of nitrogens with zero attached hydrogens (tertiary/aromatic N) is 1. The van der Waals surface area contributed by atoms with Crippen LogP contribution in [0.1, 0.15) is 34.8 Å². The van der Waals surface area contributed by atoms with Gasteiger partial charge >= 0.3 is 5.97 Å². The topological polar surface area (TPSA) is 48.4 Å². The van der Waals surface area contributed by atoms with Crippen LogP contribution in [0.15, 0.2) is 5.38 Å². The summed E-state index contributed by atoms with van der Waals surface area (Å²) in [6.07, 6.45) is 3.12. The van der Waals surface area contributed by atoms with Crippen LogP contribution in [-0.4, -0.2) is 25.2 Å². The molecule has 1 aromatic rings. The fourth-order valence-electron chi connectivity index (χ4n) is 1.68. The first-order chi connectivity index (χ1) is 7.22.